The lowest BCUT2D eigenvalue weighted by molar-refractivity contribution is -0.168. The van der Waals surface area contributed by atoms with E-state index in [0.29, 0.717) is 5.56 Å². The largest absolute Gasteiger partial charge is 0.468 e. The summed E-state index contributed by atoms with van der Waals surface area (Å²) < 4.78 is 14.9. The number of hydrogen-bond donors (Lipinski definition) is 0. The Labute approximate surface area is 167 Å². The van der Waals surface area contributed by atoms with Crippen molar-refractivity contribution in [3.8, 4) is 0 Å². The van der Waals surface area contributed by atoms with Gasteiger partial charge in [-0.15, -0.1) is 0 Å². The summed E-state index contributed by atoms with van der Waals surface area (Å²) >= 11 is 0. The third-order valence-corrected chi connectivity index (χ3v) is 12.1. The summed E-state index contributed by atoms with van der Waals surface area (Å²) in [5.74, 6) is -1.61. The van der Waals surface area contributed by atoms with Crippen LogP contribution in [0.25, 0.3) is 0 Å². The van der Waals surface area contributed by atoms with Gasteiger partial charge in [0.05, 0.1) is 35.0 Å². The zero-order valence-corrected chi connectivity index (χ0v) is 18.6. The molecule has 0 spiro atoms. The molecule has 6 nitrogen and oxygen atoms in total. The molecule has 1 aliphatic rings. The highest BCUT2D eigenvalue weighted by Gasteiger charge is 2.54. The number of methoxy groups -OCH3 is 3. The van der Waals surface area contributed by atoms with Gasteiger partial charge in [0.1, 0.15) is 0 Å². The predicted molar refractivity (Wildman–Crippen MR) is 108 cm³/mol. The van der Waals surface area contributed by atoms with Crippen molar-refractivity contribution < 1.29 is 28.6 Å². The summed E-state index contributed by atoms with van der Waals surface area (Å²) in [6.07, 6.45) is 0.411. The van der Waals surface area contributed by atoms with Crippen LogP contribution in [0.4, 0.5) is 0 Å². The molecule has 0 bridgehead atoms. The van der Waals surface area contributed by atoms with Gasteiger partial charge < -0.3 is 14.2 Å². The Bertz CT molecular complexity index is 757. The number of ether oxygens (including phenoxy) is 3. The van der Waals surface area contributed by atoms with Gasteiger partial charge >= 0.3 is 17.9 Å². The van der Waals surface area contributed by atoms with Gasteiger partial charge in [0.15, 0.2) is 5.41 Å². The summed E-state index contributed by atoms with van der Waals surface area (Å²) in [6, 6.07) is 6.72. The van der Waals surface area contributed by atoms with Gasteiger partial charge in [-0.25, -0.2) is 4.79 Å². The highest BCUT2D eigenvalue weighted by Crippen LogP contribution is 2.40. The standard InChI is InChI=1S/C21H30O6Si/c1-7-28(8-2,9-3)17-11-14(18(22)25-4)10-15-12-21(13-16(15)17,19(23)26-5)20(24)27-6/h10-11H,7-9,12-13H2,1-6H3. The van der Waals surface area contributed by atoms with Crippen LogP contribution >= 0.6 is 0 Å². The molecule has 0 aromatic heterocycles. The second-order valence-corrected chi connectivity index (χ2v) is 12.6. The Morgan fingerprint density at radius 3 is 1.86 bits per heavy atom. The first-order valence-electron chi connectivity index (χ1n) is 9.70. The van der Waals surface area contributed by atoms with E-state index in [1.807, 2.05) is 6.07 Å². The summed E-state index contributed by atoms with van der Waals surface area (Å²) in [7, 11) is 2.00. The molecule has 1 aromatic rings. The number of esters is 3. The molecule has 1 aliphatic carbocycles. The first-order valence-corrected chi connectivity index (χ1v) is 12.3. The maximum absolute atomic E-state index is 12.6. The molecule has 0 aliphatic heterocycles. The van der Waals surface area contributed by atoms with Gasteiger partial charge in [-0.3, -0.25) is 9.59 Å². The van der Waals surface area contributed by atoms with Crippen LogP contribution in [-0.4, -0.2) is 47.3 Å². The number of fused-ring (bicyclic) bond motifs is 1. The van der Waals surface area contributed by atoms with Crippen molar-refractivity contribution in [2.45, 2.75) is 51.7 Å². The van der Waals surface area contributed by atoms with Crippen molar-refractivity contribution >= 4 is 31.2 Å². The molecule has 0 saturated heterocycles. The minimum absolute atomic E-state index is 0.168. The van der Waals surface area contributed by atoms with Crippen LogP contribution in [0.3, 0.4) is 0 Å². The van der Waals surface area contributed by atoms with E-state index in [-0.39, 0.29) is 12.8 Å². The average molecular weight is 407 g/mol. The molecule has 0 unspecified atom stereocenters. The molecule has 28 heavy (non-hydrogen) atoms. The SMILES string of the molecule is CC[Si](CC)(CC)c1cc(C(=O)OC)cc2c1CC(C(=O)OC)(C(=O)OC)C2. The Kier molecular flexibility index (Phi) is 6.70. The van der Waals surface area contributed by atoms with Crippen LogP contribution in [0, 0.1) is 5.41 Å². The molecular formula is C21H30O6Si. The van der Waals surface area contributed by atoms with E-state index in [9.17, 15) is 14.4 Å². The zero-order valence-electron chi connectivity index (χ0n) is 17.6. The van der Waals surface area contributed by atoms with Gasteiger partial charge in [0, 0.05) is 0 Å². The molecule has 7 heteroatoms. The summed E-state index contributed by atoms with van der Waals surface area (Å²) in [4.78, 5) is 37.6. The van der Waals surface area contributed by atoms with Crippen LogP contribution in [0.5, 0.6) is 0 Å². The zero-order chi connectivity index (χ0) is 21.1. The van der Waals surface area contributed by atoms with E-state index in [0.717, 1.165) is 34.4 Å². The van der Waals surface area contributed by atoms with Gasteiger partial charge in [-0.2, -0.15) is 0 Å². The lowest BCUT2D eigenvalue weighted by Gasteiger charge is -2.31. The maximum atomic E-state index is 12.6. The molecule has 2 rings (SSSR count). The van der Waals surface area contributed by atoms with Crippen LogP contribution in [-0.2, 0) is 36.6 Å². The minimum Gasteiger partial charge on any atom is -0.468 e. The number of hydrogen-bond acceptors (Lipinski definition) is 6. The van der Waals surface area contributed by atoms with Crippen LogP contribution in [0.2, 0.25) is 18.1 Å². The first kappa shape index (κ1) is 22.1. The monoisotopic (exact) mass is 406 g/mol. The quantitative estimate of drug-likeness (QED) is 0.300. The van der Waals surface area contributed by atoms with Gasteiger partial charge in [0.2, 0.25) is 0 Å². The summed E-state index contributed by atoms with van der Waals surface area (Å²) in [6.45, 7) is 6.54. The van der Waals surface area contributed by atoms with E-state index in [2.05, 4.69) is 20.8 Å². The molecule has 0 atom stereocenters. The number of rotatable bonds is 7. The molecule has 0 amide bonds. The Morgan fingerprint density at radius 1 is 0.893 bits per heavy atom. The molecule has 1 aromatic carbocycles. The van der Waals surface area contributed by atoms with Crippen LogP contribution < -0.4 is 5.19 Å². The van der Waals surface area contributed by atoms with Crippen LogP contribution in [0.15, 0.2) is 12.1 Å². The molecule has 0 radical (unpaired) electrons. The number of carbonyl (C=O) groups is 3. The number of benzene rings is 1. The van der Waals surface area contributed by atoms with Gasteiger partial charge in [-0.05, 0) is 36.1 Å². The van der Waals surface area contributed by atoms with Crippen molar-refractivity contribution in [3.05, 3.63) is 28.8 Å². The topological polar surface area (TPSA) is 78.9 Å². The normalized spacial score (nSPS) is 14.9. The average Bonchev–Trinajstić information content (AvgIpc) is 3.14. The van der Waals surface area contributed by atoms with Gasteiger partial charge in [-0.1, -0.05) is 44.1 Å². The van der Waals surface area contributed by atoms with E-state index in [1.54, 1.807) is 6.07 Å². The molecule has 154 valence electrons. The Balaban J connectivity index is 2.76. The van der Waals surface area contributed by atoms with E-state index in [1.165, 1.54) is 21.3 Å². The maximum Gasteiger partial charge on any atom is 0.337 e. The van der Waals surface area contributed by atoms with Crippen molar-refractivity contribution in [3.63, 3.8) is 0 Å². The first-order chi connectivity index (χ1) is 13.3. The van der Waals surface area contributed by atoms with Gasteiger partial charge in [0.25, 0.3) is 0 Å². The molecule has 0 heterocycles. The Morgan fingerprint density at radius 2 is 1.43 bits per heavy atom. The molecule has 0 fully saturated rings. The fourth-order valence-corrected chi connectivity index (χ4v) is 8.57. The highest BCUT2D eigenvalue weighted by molar-refractivity contribution is 6.92. The van der Waals surface area contributed by atoms with Crippen molar-refractivity contribution in [1.82, 2.24) is 0 Å². The third kappa shape index (κ3) is 3.36. The van der Waals surface area contributed by atoms with Crippen molar-refractivity contribution in [1.29, 1.82) is 0 Å². The predicted octanol–water partition coefficient (Wildman–Crippen LogP) is 2.62. The van der Waals surface area contributed by atoms with E-state index in [4.69, 9.17) is 14.2 Å². The van der Waals surface area contributed by atoms with Crippen molar-refractivity contribution in [2.24, 2.45) is 5.41 Å². The fraction of sp³-hybridized carbons (Fsp3) is 0.571. The molecule has 0 N–H and O–H groups in total. The lowest BCUT2D eigenvalue weighted by atomic mass is 9.85. The third-order valence-electron chi connectivity index (χ3n) is 6.49. The minimum atomic E-state index is -1.90. The highest BCUT2D eigenvalue weighted by atomic mass is 28.3. The van der Waals surface area contributed by atoms with Crippen LogP contribution in [0.1, 0.15) is 42.3 Å². The molecular weight excluding hydrogens is 376 g/mol. The summed E-state index contributed by atoms with van der Waals surface area (Å²) in [5, 5.41) is 1.15. The van der Waals surface area contributed by atoms with Crippen molar-refractivity contribution in [2.75, 3.05) is 21.3 Å². The lowest BCUT2D eigenvalue weighted by Crippen LogP contribution is -2.49. The Hall–Kier alpha value is -2.15. The second kappa shape index (κ2) is 8.47. The molecule has 0 saturated carbocycles. The summed E-state index contributed by atoms with van der Waals surface area (Å²) in [5.41, 5.74) is 0.903. The number of carbonyl (C=O) groups excluding carboxylic acids is 3. The van der Waals surface area contributed by atoms with E-state index >= 15 is 0 Å². The fourth-order valence-electron chi connectivity index (χ4n) is 4.58. The second-order valence-electron chi connectivity index (χ2n) is 7.41. The smallest absolute Gasteiger partial charge is 0.337 e. The van der Waals surface area contributed by atoms with E-state index < -0.39 is 31.4 Å².